The van der Waals surface area contributed by atoms with Gasteiger partial charge in [0.15, 0.2) is 0 Å². The van der Waals surface area contributed by atoms with Gasteiger partial charge in [-0.2, -0.15) is 0 Å². The molecule has 0 heterocycles. The van der Waals surface area contributed by atoms with E-state index in [2.05, 4.69) is 0 Å². The third-order valence-electron chi connectivity index (χ3n) is 0. The summed E-state index contributed by atoms with van der Waals surface area (Å²) in [6.45, 7) is 0. The maximum atomic E-state index is 7.17. The molecule has 9 heavy (non-hydrogen) atoms. The van der Waals surface area contributed by atoms with E-state index < -0.39 is 7.32 Å². The molecule has 0 saturated carbocycles. The quantitative estimate of drug-likeness (QED) is 0.269. The molecule has 0 amide bonds. The molecule has 0 aromatic heterocycles. The molecule has 0 saturated heterocycles. The molecule has 0 spiro atoms. The second-order valence-electron chi connectivity index (χ2n) is 0.346. The van der Waals surface area contributed by atoms with Gasteiger partial charge in [-0.05, 0) is 0 Å². The summed E-state index contributed by atoms with van der Waals surface area (Å²) >= 11 is 0. The van der Waals surface area contributed by atoms with Gasteiger partial charge in [0, 0.05) is 17.1 Å². The molecular weight excluding hydrogens is 198 g/mol. The first-order valence-electron chi connectivity index (χ1n) is 0.775. The predicted molar refractivity (Wildman–Crippen MR) is 12.4 cm³/mol. The fourth-order valence-electron chi connectivity index (χ4n) is 0. The van der Waals surface area contributed by atoms with Gasteiger partial charge in [0.2, 0.25) is 0 Å². The zero-order valence-corrected chi connectivity index (χ0v) is 4.67. The molecular formula is H3BCuF4O3-4. The Morgan fingerprint density at radius 3 is 0.667 bits per heavy atom. The minimum atomic E-state index is -2.17. The van der Waals surface area contributed by atoms with Crippen molar-refractivity contribution in [2.45, 2.75) is 0 Å². The van der Waals surface area contributed by atoms with E-state index in [9.17, 15) is 0 Å². The van der Waals surface area contributed by atoms with Gasteiger partial charge in [-0.3, -0.25) is 0 Å². The Bertz CT molecular complexity index is 20.5. The molecule has 9 heteroatoms. The molecule has 1 radical (unpaired) electrons. The summed E-state index contributed by atoms with van der Waals surface area (Å²) in [6.07, 6.45) is 0. The smallest absolute Gasteiger partial charge is 0.631 e. The Morgan fingerprint density at radius 1 is 0.667 bits per heavy atom. The first-order chi connectivity index (χ1) is 1.73. The van der Waals surface area contributed by atoms with Crippen LogP contribution >= 0.6 is 0 Å². The van der Waals surface area contributed by atoms with Crippen LogP contribution in [0.25, 0.3) is 0 Å². The Labute approximate surface area is 59.2 Å². The van der Waals surface area contributed by atoms with Gasteiger partial charge in [-0.15, -0.1) is 0 Å². The van der Waals surface area contributed by atoms with Crippen LogP contribution in [0, 0.1) is 0 Å². The Kier molecular flexibility index (Phi) is 281. The second-order valence-corrected chi connectivity index (χ2v) is 0.346. The molecule has 0 fully saturated rings. The van der Waals surface area contributed by atoms with Crippen molar-refractivity contribution >= 4 is 7.32 Å². The molecule has 67 valence electrons. The van der Waals surface area contributed by atoms with Crippen molar-refractivity contribution < 1.29 is 51.0 Å². The number of hydrogen-bond acceptors (Lipinski definition) is 3. The largest absolute Gasteiger partial charge is 1.00 e. The molecule has 0 bridgehead atoms. The number of hydrogen-bond donors (Lipinski definition) is 3. The summed E-state index contributed by atoms with van der Waals surface area (Å²) in [6, 6.07) is 0. The van der Waals surface area contributed by atoms with E-state index in [-0.39, 0.29) is 35.9 Å². The summed E-state index contributed by atoms with van der Waals surface area (Å²) in [5.74, 6) is 0. The fraction of sp³-hybridized carbons (Fsp3) is 0. The Morgan fingerprint density at radius 2 is 0.667 bits per heavy atom. The van der Waals surface area contributed by atoms with Gasteiger partial charge < -0.3 is 33.9 Å². The normalized spacial score (nSPS) is 3.00. The predicted octanol–water partition coefficient (Wildman–Crippen LogP) is -14.0. The van der Waals surface area contributed by atoms with Crippen LogP contribution in [0.15, 0.2) is 0 Å². The Hall–Kier alpha value is 0.184. The molecule has 0 aromatic rings. The van der Waals surface area contributed by atoms with E-state index in [1.807, 2.05) is 0 Å². The van der Waals surface area contributed by atoms with E-state index in [0.717, 1.165) is 0 Å². The van der Waals surface area contributed by atoms with Crippen LogP contribution in [-0.4, -0.2) is 22.4 Å². The maximum Gasteiger partial charge on any atom is 0.631 e. The van der Waals surface area contributed by atoms with Crippen LogP contribution in [-0.2, 0) is 17.1 Å². The third-order valence-corrected chi connectivity index (χ3v) is 0. The van der Waals surface area contributed by atoms with E-state index in [1.54, 1.807) is 0 Å². The van der Waals surface area contributed by atoms with Gasteiger partial charge in [-0.1, -0.05) is 0 Å². The summed E-state index contributed by atoms with van der Waals surface area (Å²) in [7, 11) is -2.17. The standard InChI is InChI=1S/BH3O3.Cu.4FH/c2-1(3)4;;;;;/h2-4H;;4*1H/p-4. The van der Waals surface area contributed by atoms with Gasteiger partial charge in [0.05, 0.1) is 0 Å². The van der Waals surface area contributed by atoms with Crippen LogP contribution in [0.2, 0.25) is 0 Å². The average Bonchev–Trinajstić information content (AvgIpc) is 0.811. The number of rotatable bonds is 0. The minimum Gasteiger partial charge on any atom is -1.00 e. The van der Waals surface area contributed by atoms with Crippen LogP contribution in [0.4, 0.5) is 0 Å². The van der Waals surface area contributed by atoms with Gasteiger partial charge >= 0.3 is 7.32 Å². The van der Waals surface area contributed by atoms with Gasteiger partial charge in [0.25, 0.3) is 0 Å². The van der Waals surface area contributed by atoms with Crippen molar-refractivity contribution in [1.82, 2.24) is 0 Å². The van der Waals surface area contributed by atoms with Gasteiger partial charge in [-0.25, -0.2) is 0 Å². The van der Waals surface area contributed by atoms with Crippen molar-refractivity contribution in [3.8, 4) is 0 Å². The molecule has 0 unspecified atom stereocenters. The zero-order valence-electron chi connectivity index (χ0n) is 3.73. The summed E-state index contributed by atoms with van der Waals surface area (Å²) in [5, 5.41) is 21.5. The van der Waals surface area contributed by atoms with Crippen LogP contribution in [0.3, 0.4) is 0 Å². The Balaban J connectivity index is -0.00000000450. The van der Waals surface area contributed by atoms with Crippen LogP contribution < -0.4 is 18.8 Å². The van der Waals surface area contributed by atoms with Gasteiger partial charge in [0.1, 0.15) is 0 Å². The van der Waals surface area contributed by atoms with Crippen molar-refractivity contribution in [1.29, 1.82) is 0 Å². The van der Waals surface area contributed by atoms with E-state index >= 15 is 0 Å². The molecule has 0 aromatic carbocycles. The van der Waals surface area contributed by atoms with Crippen molar-refractivity contribution in [3.63, 3.8) is 0 Å². The monoisotopic (exact) mass is 201 g/mol. The summed E-state index contributed by atoms with van der Waals surface area (Å²) < 4.78 is 0. The molecule has 0 aliphatic rings. The number of halogens is 4. The minimum absolute atomic E-state index is 0. The SMILES string of the molecule is OB(O)O.[Cu].[F-].[F-].[F-].[F-]. The van der Waals surface area contributed by atoms with E-state index in [0.29, 0.717) is 0 Å². The zero-order chi connectivity index (χ0) is 3.58. The third kappa shape index (κ3) is 9200. The molecule has 3 N–H and O–H groups in total. The summed E-state index contributed by atoms with van der Waals surface area (Å²) in [4.78, 5) is 0. The first kappa shape index (κ1) is 60.7. The van der Waals surface area contributed by atoms with Crippen molar-refractivity contribution in [3.05, 3.63) is 0 Å². The van der Waals surface area contributed by atoms with Crippen LogP contribution in [0.5, 0.6) is 0 Å². The second kappa shape index (κ2) is 41.7. The average molecular weight is 201 g/mol. The van der Waals surface area contributed by atoms with E-state index in [1.165, 1.54) is 0 Å². The molecule has 0 atom stereocenters. The maximum absolute atomic E-state index is 7.17. The van der Waals surface area contributed by atoms with Crippen molar-refractivity contribution in [2.24, 2.45) is 0 Å². The molecule has 0 rings (SSSR count). The van der Waals surface area contributed by atoms with Crippen LogP contribution in [0.1, 0.15) is 0 Å². The van der Waals surface area contributed by atoms with E-state index in [4.69, 9.17) is 15.1 Å². The fourth-order valence-corrected chi connectivity index (χ4v) is 0. The molecule has 0 aliphatic carbocycles. The topological polar surface area (TPSA) is 60.7 Å². The molecule has 3 nitrogen and oxygen atoms in total. The molecule has 0 aliphatic heterocycles. The van der Waals surface area contributed by atoms with Crippen molar-refractivity contribution in [2.75, 3.05) is 0 Å². The summed E-state index contributed by atoms with van der Waals surface area (Å²) in [5.41, 5.74) is 0. The first-order valence-corrected chi connectivity index (χ1v) is 0.775.